The smallest absolute Gasteiger partial charge is 0.127 e. The summed E-state index contributed by atoms with van der Waals surface area (Å²) in [7, 11) is 3.05. The zero-order valence-corrected chi connectivity index (χ0v) is 10.1. The predicted octanol–water partition coefficient (Wildman–Crippen LogP) is 3.22. The second kappa shape index (κ2) is 4.96. The first-order valence-electron chi connectivity index (χ1n) is 5.36. The molecule has 0 heterocycles. The van der Waals surface area contributed by atoms with E-state index in [0.29, 0.717) is 22.6 Å². The van der Waals surface area contributed by atoms with E-state index in [9.17, 15) is 9.50 Å². The Morgan fingerprint density at radius 1 is 0.944 bits per heavy atom. The fraction of sp³-hybridized carbons (Fsp3) is 0.143. The maximum Gasteiger partial charge on any atom is 0.127 e. The molecule has 2 aromatic rings. The van der Waals surface area contributed by atoms with Gasteiger partial charge in [-0.1, -0.05) is 0 Å². The van der Waals surface area contributed by atoms with Crippen molar-refractivity contribution in [2.24, 2.45) is 0 Å². The van der Waals surface area contributed by atoms with Crippen LogP contribution in [0.3, 0.4) is 0 Å². The van der Waals surface area contributed by atoms with Crippen LogP contribution in [0, 0.1) is 5.82 Å². The summed E-state index contributed by atoms with van der Waals surface area (Å²) in [4.78, 5) is 0. The van der Waals surface area contributed by atoms with Crippen molar-refractivity contribution in [3.8, 4) is 28.4 Å². The highest BCUT2D eigenvalue weighted by Crippen LogP contribution is 2.38. The molecule has 0 amide bonds. The number of halogens is 1. The Labute approximate surface area is 104 Å². The van der Waals surface area contributed by atoms with Crippen LogP contribution in [0.2, 0.25) is 0 Å². The molecule has 0 bridgehead atoms. The van der Waals surface area contributed by atoms with Gasteiger partial charge in [0, 0.05) is 11.1 Å². The topological polar surface area (TPSA) is 38.7 Å². The summed E-state index contributed by atoms with van der Waals surface area (Å²) in [6.45, 7) is 0. The molecule has 0 unspecified atom stereocenters. The Bertz CT molecular complexity index is 567. The molecule has 0 aliphatic rings. The monoisotopic (exact) mass is 248 g/mol. The number of phenols is 1. The molecule has 0 aliphatic carbocycles. The van der Waals surface area contributed by atoms with Crippen molar-refractivity contribution in [2.45, 2.75) is 0 Å². The van der Waals surface area contributed by atoms with Crippen LogP contribution in [-0.4, -0.2) is 19.3 Å². The summed E-state index contributed by atoms with van der Waals surface area (Å²) in [6, 6.07) is 8.90. The Balaban J connectivity index is 2.64. The highest BCUT2D eigenvalue weighted by atomic mass is 19.1. The molecule has 94 valence electrons. The summed E-state index contributed by atoms with van der Waals surface area (Å²) in [5.74, 6) is 0.710. The molecule has 0 fully saturated rings. The van der Waals surface area contributed by atoms with Crippen LogP contribution in [0.15, 0.2) is 36.4 Å². The minimum absolute atomic E-state index is 0.0112. The van der Waals surface area contributed by atoms with E-state index < -0.39 is 5.82 Å². The average molecular weight is 248 g/mol. The van der Waals surface area contributed by atoms with Gasteiger partial charge in [0.15, 0.2) is 0 Å². The van der Waals surface area contributed by atoms with Crippen LogP contribution in [-0.2, 0) is 0 Å². The lowest BCUT2D eigenvalue weighted by Crippen LogP contribution is -1.91. The Morgan fingerprint density at radius 3 is 2.39 bits per heavy atom. The molecule has 2 rings (SSSR count). The largest absolute Gasteiger partial charge is 0.507 e. The number of benzene rings is 2. The van der Waals surface area contributed by atoms with Crippen LogP contribution >= 0.6 is 0 Å². The fourth-order valence-corrected chi connectivity index (χ4v) is 1.75. The van der Waals surface area contributed by atoms with E-state index in [2.05, 4.69) is 0 Å². The number of ether oxygens (including phenoxy) is 2. The molecule has 0 atom stereocenters. The molecule has 0 saturated carbocycles. The Kier molecular flexibility index (Phi) is 3.37. The molecule has 4 heteroatoms. The average Bonchev–Trinajstić information content (AvgIpc) is 2.40. The van der Waals surface area contributed by atoms with Gasteiger partial charge in [-0.2, -0.15) is 0 Å². The second-order valence-electron chi connectivity index (χ2n) is 3.73. The molecule has 0 aliphatic heterocycles. The number of hydrogen-bond acceptors (Lipinski definition) is 3. The summed E-state index contributed by atoms with van der Waals surface area (Å²) < 4.78 is 23.6. The third-order valence-electron chi connectivity index (χ3n) is 2.66. The fourth-order valence-electron chi connectivity index (χ4n) is 1.75. The molecular weight excluding hydrogens is 235 g/mol. The van der Waals surface area contributed by atoms with Crippen LogP contribution in [0.1, 0.15) is 0 Å². The molecule has 0 aromatic heterocycles. The van der Waals surface area contributed by atoms with Crippen LogP contribution in [0.25, 0.3) is 11.1 Å². The van der Waals surface area contributed by atoms with Gasteiger partial charge < -0.3 is 14.6 Å². The number of hydrogen-bond donors (Lipinski definition) is 1. The van der Waals surface area contributed by atoms with Crippen LogP contribution in [0.4, 0.5) is 4.39 Å². The van der Waals surface area contributed by atoms with Gasteiger partial charge in [-0.05, 0) is 36.4 Å². The molecule has 0 saturated heterocycles. The van der Waals surface area contributed by atoms with E-state index in [0.717, 1.165) is 0 Å². The summed E-state index contributed by atoms with van der Waals surface area (Å²) >= 11 is 0. The normalized spacial score (nSPS) is 10.2. The molecular formula is C14H13FO3. The van der Waals surface area contributed by atoms with E-state index in [1.807, 2.05) is 0 Å². The van der Waals surface area contributed by atoms with Crippen molar-refractivity contribution in [1.29, 1.82) is 0 Å². The first-order valence-corrected chi connectivity index (χ1v) is 5.36. The van der Waals surface area contributed by atoms with Crippen molar-refractivity contribution in [3.63, 3.8) is 0 Å². The van der Waals surface area contributed by atoms with Gasteiger partial charge in [-0.3, -0.25) is 0 Å². The van der Waals surface area contributed by atoms with Crippen LogP contribution in [0.5, 0.6) is 17.2 Å². The van der Waals surface area contributed by atoms with Gasteiger partial charge in [-0.25, -0.2) is 4.39 Å². The van der Waals surface area contributed by atoms with Gasteiger partial charge in [0.25, 0.3) is 0 Å². The number of aromatic hydroxyl groups is 1. The predicted molar refractivity (Wildman–Crippen MR) is 66.6 cm³/mol. The summed E-state index contributed by atoms with van der Waals surface area (Å²) in [6.07, 6.45) is 0. The quantitative estimate of drug-likeness (QED) is 0.906. The maximum atomic E-state index is 13.3. The molecule has 0 spiro atoms. The molecule has 0 radical (unpaired) electrons. The minimum atomic E-state index is -0.423. The van der Waals surface area contributed by atoms with Gasteiger partial charge in [0.1, 0.15) is 23.1 Å². The highest BCUT2D eigenvalue weighted by Gasteiger charge is 2.12. The standard InChI is InChI=1S/C14H13FO3/c1-17-10-4-6-14(18-2)12(8-10)11-7-9(15)3-5-13(11)16/h3-8,16H,1-2H3. The lowest BCUT2D eigenvalue weighted by molar-refractivity contribution is 0.404. The lowest BCUT2D eigenvalue weighted by Gasteiger charge is -2.12. The van der Waals surface area contributed by atoms with Gasteiger partial charge >= 0.3 is 0 Å². The number of methoxy groups -OCH3 is 2. The van der Waals surface area contributed by atoms with E-state index in [1.54, 1.807) is 18.2 Å². The second-order valence-corrected chi connectivity index (χ2v) is 3.73. The molecule has 2 aromatic carbocycles. The van der Waals surface area contributed by atoms with Gasteiger partial charge in [-0.15, -0.1) is 0 Å². The maximum absolute atomic E-state index is 13.3. The van der Waals surface area contributed by atoms with Crippen molar-refractivity contribution < 1.29 is 19.0 Å². The first-order chi connectivity index (χ1) is 8.65. The third-order valence-corrected chi connectivity index (χ3v) is 2.66. The SMILES string of the molecule is COc1ccc(OC)c(-c2cc(F)ccc2O)c1. The molecule has 1 N–H and O–H groups in total. The van der Waals surface area contributed by atoms with Crippen molar-refractivity contribution in [2.75, 3.05) is 14.2 Å². The Hall–Kier alpha value is -2.23. The van der Waals surface area contributed by atoms with Gasteiger partial charge in [0.05, 0.1) is 14.2 Å². The highest BCUT2D eigenvalue weighted by molar-refractivity contribution is 5.76. The number of rotatable bonds is 3. The number of phenolic OH excluding ortho intramolecular Hbond substituents is 1. The zero-order chi connectivity index (χ0) is 13.1. The lowest BCUT2D eigenvalue weighted by atomic mass is 10.0. The van der Waals surface area contributed by atoms with E-state index in [1.165, 1.54) is 32.4 Å². The summed E-state index contributed by atoms with van der Waals surface area (Å²) in [5.41, 5.74) is 0.944. The minimum Gasteiger partial charge on any atom is -0.507 e. The molecule has 3 nitrogen and oxygen atoms in total. The van der Waals surface area contributed by atoms with Crippen molar-refractivity contribution >= 4 is 0 Å². The Morgan fingerprint density at radius 2 is 1.72 bits per heavy atom. The van der Waals surface area contributed by atoms with E-state index in [-0.39, 0.29) is 5.75 Å². The van der Waals surface area contributed by atoms with Crippen LogP contribution < -0.4 is 9.47 Å². The zero-order valence-electron chi connectivity index (χ0n) is 10.1. The first kappa shape index (κ1) is 12.2. The van der Waals surface area contributed by atoms with E-state index >= 15 is 0 Å². The molecule has 18 heavy (non-hydrogen) atoms. The van der Waals surface area contributed by atoms with Crippen molar-refractivity contribution in [3.05, 3.63) is 42.2 Å². The third kappa shape index (κ3) is 2.22. The van der Waals surface area contributed by atoms with E-state index in [4.69, 9.17) is 9.47 Å². The van der Waals surface area contributed by atoms with Gasteiger partial charge in [0.2, 0.25) is 0 Å². The summed E-state index contributed by atoms with van der Waals surface area (Å²) in [5, 5.41) is 9.81. The van der Waals surface area contributed by atoms with Crippen molar-refractivity contribution in [1.82, 2.24) is 0 Å².